The first-order valence-corrected chi connectivity index (χ1v) is 11.1. The molecule has 1 aromatic heterocycles. The van der Waals surface area contributed by atoms with Gasteiger partial charge in [-0.2, -0.15) is 0 Å². The van der Waals surface area contributed by atoms with Gasteiger partial charge in [-0.1, -0.05) is 23.7 Å². The molecule has 0 aliphatic heterocycles. The van der Waals surface area contributed by atoms with E-state index in [1.807, 2.05) is 24.3 Å². The summed E-state index contributed by atoms with van der Waals surface area (Å²) in [5.74, 6) is -0.521. The van der Waals surface area contributed by atoms with Crippen molar-refractivity contribution in [1.82, 2.24) is 20.6 Å². The van der Waals surface area contributed by atoms with Crippen LogP contribution in [0.1, 0.15) is 35.3 Å². The number of rotatable bonds is 12. The average Bonchev–Trinajstić information content (AvgIpc) is 2.80. The Morgan fingerprint density at radius 2 is 1.79 bits per heavy atom. The molecule has 10 N–H and O–H groups in total. The summed E-state index contributed by atoms with van der Waals surface area (Å²) in [4.78, 5) is 35.5. The molecule has 1 aromatic carbocycles. The van der Waals surface area contributed by atoms with Gasteiger partial charge < -0.3 is 33.0 Å². The highest BCUT2D eigenvalue weighted by Gasteiger charge is 2.16. The molecule has 13 heteroatoms. The minimum absolute atomic E-state index is 0.0373. The maximum Gasteiger partial charge on any atom is 0.280 e. The SMILES string of the molecule is NCCCNC(=O)COc1ccc(CCCCN=C(N)NC(=O)c2nc(Cl)c(N)nc2N)cc1. The second-order valence-corrected chi connectivity index (χ2v) is 7.59. The van der Waals surface area contributed by atoms with E-state index in [1.165, 1.54) is 0 Å². The molecule has 2 rings (SSSR count). The fourth-order valence-electron chi connectivity index (χ4n) is 2.75. The number of nitrogen functional groups attached to an aromatic ring is 2. The van der Waals surface area contributed by atoms with Gasteiger partial charge in [0.1, 0.15) is 5.75 Å². The summed E-state index contributed by atoms with van der Waals surface area (Å²) >= 11 is 5.77. The number of anilines is 2. The molecule has 2 aromatic rings. The minimum Gasteiger partial charge on any atom is -0.484 e. The zero-order valence-electron chi connectivity index (χ0n) is 18.7. The van der Waals surface area contributed by atoms with Gasteiger partial charge >= 0.3 is 0 Å². The van der Waals surface area contributed by atoms with Crippen LogP contribution < -0.4 is 38.3 Å². The molecular weight excluding hydrogens is 462 g/mol. The molecule has 0 saturated heterocycles. The van der Waals surface area contributed by atoms with Gasteiger partial charge in [0.25, 0.3) is 11.8 Å². The summed E-state index contributed by atoms with van der Waals surface area (Å²) in [6, 6.07) is 7.55. The fourth-order valence-corrected chi connectivity index (χ4v) is 2.87. The largest absolute Gasteiger partial charge is 0.484 e. The molecule has 0 unspecified atom stereocenters. The monoisotopic (exact) mass is 491 g/mol. The van der Waals surface area contributed by atoms with Crippen LogP contribution in [0.3, 0.4) is 0 Å². The first kappa shape index (κ1) is 26.6. The Morgan fingerprint density at radius 1 is 1.06 bits per heavy atom. The highest BCUT2D eigenvalue weighted by molar-refractivity contribution is 6.31. The van der Waals surface area contributed by atoms with Crippen LogP contribution in [0.25, 0.3) is 0 Å². The van der Waals surface area contributed by atoms with E-state index < -0.39 is 5.91 Å². The van der Waals surface area contributed by atoms with Crippen LogP contribution in [-0.2, 0) is 11.2 Å². The summed E-state index contributed by atoms with van der Waals surface area (Å²) in [6.07, 6.45) is 3.18. The van der Waals surface area contributed by atoms with Gasteiger partial charge in [-0.25, -0.2) is 9.97 Å². The first-order chi connectivity index (χ1) is 16.3. The van der Waals surface area contributed by atoms with Crippen molar-refractivity contribution < 1.29 is 14.3 Å². The van der Waals surface area contributed by atoms with E-state index in [0.717, 1.165) is 31.2 Å². The van der Waals surface area contributed by atoms with Crippen molar-refractivity contribution >= 4 is 41.0 Å². The van der Waals surface area contributed by atoms with E-state index in [1.54, 1.807) is 0 Å². The number of nitrogens with zero attached hydrogens (tertiary/aromatic N) is 3. The van der Waals surface area contributed by atoms with Crippen LogP contribution in [-0.4, -0.2) is 54.0 Å². The molecule has 0 spiro atoms. The highest BCUT2D eigenvalue weighted by Crippen LogP contribution is 2.17. The molecule has 34 heavy (non-hydrogen) atoms. The molecule has 2 amide bonds. The number of guanidine groups is 1. The average molecular weight is 492 g/mol. The Bertz CT molecular complexity index is 1000. The Balaban J connectivity index is 1.68. The molecule has 0 radical (unpaired) electrons. The number of unbranched alkanes of at least 4 members (excludes halogenated alkanes) is 1. The van der Waals surface area contributed by atoms with Gasteiger partial charge in [-0.3, -0.25) is 19.9 Å². The number of aromatic nitrogens is 2. The Morgan fingerprint density at radius 3 is 2.50 bits per heavy atom. The Labute approximate surface area is 202 Å². The van der Waals surface area contributed by atoms with E-state index in [-0.39, 0.29) is 41.0 Å². The second kappa shape index (κ2) is 13.8. The van der Waals surface area contributed by atoms with Crippen LogP contribution in [0.2, 0.25) is 5.15 Å². The van der Waals surface area contributed by atoms with Crippen molar-refractivity contribution in [2.75, 3.05) is 37.7 Å². The lowest BCUT2D eigenvalue weighted by Crippen LogP contribution is -2.38. The third-order valence-corrected chi connectivity index (χ3v) is 4.79. The zero-order valence-corrected chi connectivity index (χ0v) is 19.5. The van der Waals surface area contributed by atoms with Gasteiger partial charge in [0.15, 0.2) is 35.0 Å². The topological polar surface area (TPSA) is 210 Å². The van der Waals surface area contributed by atoms with Crippen LogP contribution in [0.4, 0.5) is 11.6 Å². The summed E-state index contributed by atoms with van der Waals surface area (Å²) in [6.45, 7) is 1.46. The number of halogens is 1. The quantitative estimate of drug-likeness (QED) is 0.136. The van der Waals surface area contributed by atoms with Gasteiger partial charge in [-0.05, 0) is 49.9 Å². The zero-order chi connectivity index (χ0) is 24.9. The number of amides is 2. The number of carbonyl (C=O) groups is 2. The molecule has 0 saturated carbocycles. The lowest BCUT2D eigenvalue weighted by Gasteiger charge is -2.08. The van der Waals surface area contributed by atoms with Gasteiger partial charge in [-0.15, -0.1) is 0 Å². The highest BCUT2D eigenvalue weighted by atomic mass is 35.5. The number of carbonyl (C=O) groups excluding carboxylic acids is 2. The number of aryl methyl sites for hydroxylation is 1. The predicted molar refractivity (Wildman–Crippen MR) is 131 cm³/mol. The smallest absolute Gasteiger partial charge is 0.280 e. The van der Waals surface area contributed by atoms with Crippen molar-refractivity contribution in [1.29, 1.82) is 0 Å². The normalized spacial score (nSPS) is 11.2. The third kappa shape index (κ3) is 9.08. The molecule has 0 atom stereocenters. The van der Waals surface area contributed by atoms with Crippen LogP contribution in [0, 0.1) is 0 Å². The maximum atomic E-state index is 12.2. The van der Waals surface area contributed by atoms with E-state index in [0.29, 0.717) is 25.4 Å². The summed E-state index contributed by atoms with van der Waals surface area (Å²) in [7, 11) is 0. The van der Waals surface area contributed by atoms with E-state index in [9.17, 15) is 9.59 Å². The number of nitrogens with two attached hydrogens (primary N) is 4. The Kier molecular flexibility index (Phi) is 10.8. The number of ether oxygens (including phenoxy) is 1. The molecule has 184 valence electrons. The van der Waals surface area contributed by atoms with Crippen molar-refractivity contribution in [3.8, 4) is 5.75 Å². The number of aliphatic imine (C=N–C) groups is 1. The van der Waals surface area contributed by atoms with Crippen molar-refractivity contribution in [2.45, 2.75) is 25.7 Å². The van der Waals surface area contributed by atoms with E-state index in [2.05, 4.69) is 25.6 Å². The first-order valence-electron chi connectivity index (χ1n) is 10.7. The molecule has 1 heterocycles. The summed E-state index contributed by atoms with van der Waals surface area (Å²) in [5.41, 5.74) is 23.2. The van der Waals surface area contributed by atoms with E-state index >= 15 is 0 Å². The number of nitrogens with one attached hydrogen (secondary N) is 2. The van der Waals surface area contributed by atoms with E-state index in [4.69, 9.17) is 39.3 Å². The standard InChI is InChI=1S/C21H30ClN9O3/c22-17-19(25)30-18(24)16(29-17)20(33)31-21(26)28-10-2-1-4-13-5-7-14(8-6-13)34-12-15(32)27-11-3-9-23/h5-8H,1-4,9-12,23H2,(H,27,32)(H4,24,25,30)(H3,26,28,31,33). The molecule has 0 fully saturated rings. The number of hydrogen-bond donors (Lipinski definition) is 6. The molecule has 0 aliphatic rings. The van der Waals surface area contributed by atoms with Gasteiger partial charge in [0.05, 0.1) is 0 Å². The Hall–Kier alpha value is -3.64. The summed E-state index contributed by atoms with van der Waals surface area (Å²) in [5, 5.41) is 5.00. The second-order valence-electron chi connectivity index (χ2n) is 7.24. The lowest BCUT2D eigenvalue weighted by molar-refractivity contribution is -0.123. The van der Waals surface area contributed by atoms with Crippen LogP contribution >= 0.6 is 11.6 Å². The van der Waals surface area contributed by atoms with Crippen molar-refractivity contribution in [2.24, 2.45) is 16.5 Å². The van der Waals surface area contributed by atoms with Gasteiger partial charge in [0, 0.05) is 13.1 Å². The predicted octanol–water partition coefficient (Wildman–Crippen LogP) is 0.206. The number of hydrogen-bond acceptors (Lipinski definition) is 9. The molecule has 0 bridgehead atoms. The number of benzene rings is 1. The van der Waals surface area contributed by atoms with Gasteiger partial charge in [0.2, 0.25) is 0 Å². The minimum atomic E-state index is -0.677. The lowest BCUT2D eigenvalue weighted by atomic mass is 10.1. The fraction of sp³-hybridized carbons (Fsp3) is 0.381. The van der Waals surface area contributed by atoms with Crippen LogP contribution in [0.15, 0.2) is 29.3 Å². The van der Waals surface area contributed by atoms with Crippen molar-refractivity contribution in [3.63, 3.8) is 0 Å². The maximum absolute atomic E-state index is 12.2. The molecule has 0 aliphatic carbocycles. The van der Waals surface area contributed by atoms with Crippen LogP contribution in [0.5, 0.6) is 5.75 Å². The molecular formula is C21H30ClN9O3. The third-order valence-electron chi connectivity index (χ3n) is 4.51. The van der Waals surface area contributed by atoms with Crippen molar-refractivity contribution in [3.05, 3.63) is 40.7 Å². The molecule has 12 nitrogen and oxygen atoms in total. The summed E-state index contributed by atoms with van der Waals surface area (Å²) < 4.78 is 5.47.